The third kappa shape index (κ3) is 3.71. The summed E-state index contributed by atoms with van der Waals surface area (Å²) in [6.07, 6.45) is 0.771. The summed E-state index contributed by atoms with van der Waals surface area (Å²) >= 11 is 5.79. The Balaban J connectivity index is 1.90. The van der Waals surface area contributed by atoms with Crippen molar-refractivity contribution < 1.29 is 9.53 Å². The van der Waals surface area contributed by atoms with Crippen LogP contribution in [-0.2, 0) is 4.79 Å². The van der Waals surface area contributed by atoms with E-state index in [1.54, 1.807) is 31.2 Å². The number of amides is 1. The molecule has 0 spiro atoms. The number of aromatic amines is 1. The first-order valence-corrected chi connectivity index (χ1v) is 6.52. The highest BCUT2D eigenvalue weighted by molar-refractivity contribution is 6.30. The number of ether oxygens (including phenoxy) is 1. The zero-order valence-electron chi connectivity index (χ0n) is 11.1. The molecule has 7 heteroatoms. The second kappa shape index (κ2) is 6.38. The van der Waals surface area contributed by atoms with Crippen LogP contribution in [0.1, 0.15) is 25.7 Å². The molecule has 1 heterocycles. The maximum absolute atomic E-state index is 12.0. The van der Waals surface area contributed by atoms with E-state index in [2.05, 4.69) is 20.5 Å². The smallest absolute Gasteiger partial charge is 0.261 e. The van der Waals surface area contributed by atoms with Gasteiger partial charge >= 0.3 is 0 Å². The number of aromatic nitrogens is 3. The minimum absolute atomic E-state index is 0.233. The number of rotatable bonds is 5. The Bertz CT molecular complexity index is 556. The second-order valence-corrected chi connectivity index (χ2v) is 4.75. The molecule has 1 aromatic heterocycles. The van der Waals surface area contributed by atoms with Gasteiger partial charge in [0.05, 0.1) is 6.04 Å². The highest BCUT2D eigenvalue weighted by Gasteiger charge is 2.18. The molecule has 20 heavy (non-hydrogen) atoms. The van der Waals surface area contributed by atoms with Crippen molar-refractivity contribution in [3.05, 3.63) is 41.4 Å². The zero-order valence-corrected chi connectivity index (χ0v) is 11.9. The molecule has 0 radical (unpaired) electrons. The van der Waals surface area contributed by atoms with Crippen LogP contribution in [0.5, 0.6) is 5.75 Å². The van der Waals surface area contributed by atoms with E-state index in [-0.39, 0.29) is 11.9 Å². The molecular weight excluding hydrogens is 280 g/mol. The van der Waals surface area contributed by atoms with Crippen LogP contribution in [-0.4, -0.2) is 27.2 Å². The van der Waals surface area contributed by atoms with Gasteiger partial charge in [-0.3, -0.25) is 9.89 Å². The number of nitrogens with zero attached hydrogens (tertiary/aromatic N) is 2. The van der Waals surface area contributed by atoms with Crippen LogP contribution in [0.15, 0.2) is 30.6 Å². The van der Waals surface area contributed by atoms with Crippen LogP contribution >= 0.6 is 11.6 Å². The molecule has 0 bridgehead atoms. The lowest BCUT2D eigenvalue weighted by molar-refractivity contribution is -0.128. The number of H-pyrrole nitrogens is 1. The Morgan fingerprint density at radius 2 is 2.05 bits per heavy atom. The fourth-order valence-electron chi connectivity index (χ4n) is 1.59. The molecule has 2 aromatic rings. The number of halogens is 1. The predicted octanol–water partition coefficient (Wildman–Crippen LogP) is 2.10. The molecule has 0 saturated carbocycles. The summed E-state index contributed by atoms with van der Waals surface area (Å²) in [6.45, 7) is 3.49. The molecule has 2 unspecified atom stereocenters. The van der Waals surface area contributed by atoms with Crippen molar-refractivity contribution in [2.24, 2.45) is 0 Å². The van der Waals surface area contributed by atoms with Crippen molar-refractivity contribution in [1.82, 2.24) is 20.5 Å². The van der Waals surface area contributed by atoms with Crippen molar-refractivity contribution in [2.75, 3.05) is 0 Å². The maximum atomic E-state index is 12.0. The lowest BCUT2D eigenvalue weighted by Crippen LogP contribution is -2.38. The average molecular weight is 295 g/mol. The SMILES string of the molecule is CC(Oc1ccc(Cl)cc1)C(=O)NC(C)c1ncn[nH]1. The zero-order chi connectivity index (χ0) is 14.5. The number of hydrogen-bond donors (Lipinski definition) is 2. The molecule has 0 aliphatic rings. The third-order valence-corrected chi connectivity index (χ3v) is 2.95. The number of hydrogen-bond acceptors (Lipinski definition) is 4. The Morgan fingerprint density at radius 3 is 2.65 bits per heavy atom. The lowest BCUT2D eigenvalue weighted by Gasteiger charge is -2.17. The first kappa shape index (κ1) is 14.3. The second-order valence-electron chi connectivity index (χ2n) is 4.31. The van der Waals surface area contributed by atoms with Crippen molar-refractivity contribution in [2.45, 2.75) is 26.0 Å². The largest absolute Gasteiger partial charge is 0.481 e. The lowest BCUT2D eigenvalue weighted by atomic mass is 10.2. The topological polar surface area (TPSA) is 79.9 Å². The molecule has 6 nitrogen and oxygen atoms in total. The van der Waals surface area contributed by atoms with Crippen molar-refractivity contribution in [1.29, 1.82) is 0 Å². The first-order chi connectivity index (χ1) is 9.56. The third-order valence-electron chi connectivity index (χ3n) is 2.70. The number of carbonyl (C=O) groups is 1. The minimum atomic E-state index is -0.624. The fraction of sp³-hybridized carbons (Fsp3) is 0.308. The van der Waals surface area contributed by atoms with E-state index in [9.17, 15) is 4.79 Å². The summed E-state index contributed by atoms with van der Waals surface area (Å²) in [7, 11) is 0. The molecule has 1 aromatic carbocycles. The molecule has 2 rings (SSSR count). The van der Waals surface area contributed by atoms with Crippen molar-refractivity contribution >= 4 is 17.5 Å². The van der Waals surface area contributed by atoms with Gasteiger partial charge in [0.1, 0.15) is 17.9 Å². The quantitative estimate of drug-likeness (QED) is 0.885. The Hall–Kier alpha value is -2.08. The molecule has 0 fully saturated rings. The molecule has 2 N–H and O–H groups in total. The van der Waals surface area contributed by atoms with E-state index in [0.717, 1.165) is 0 Å². The van der Waals surface area contributed by atoms with Gasteiger partial charge in [0.25, 0.3) is 5.91 Å². The highest BCUT2D eigenvalue weighted by atomic mass is 35.5. The van der Waals surface area contributed by atoms with Gasteiger partial charge in [-0.2, -0.15) is 5.10 Å². The van der Waals surface area contributed by atoms with Crippen LogP contribution in [0.4, 0.5) is 0 Å². The Kier molecular flexibility index (Phi) is 4.57. The van der Waals surface area contributed by atoms with E-state index in [0.29, 0.717) is 16.6 Å². The van der Waals surface area contributed by atoms with Gasteiger partial charge in [-0.15, -0.1) is 0 Å². The van der Waals surface area contributed by atoms with Gasteiger partial charge in [-0.05, 0) is 38.1 Å². The molecule has 0 aliphatic heterocycles. The summed E-state index contributed by atoms with van der Waals surface area (Å²) in [5.41, 5.74) is 0. The summed E-state index contributed by atoms with van der Waals surface area (Å²) < 4.78 is 5.53. The predicted molar refractivity (Wildman–Crippen MR) is 74.5 cm³/mol. The van der Waals surface area contributed by atoms with E-state index in [1.165, 1.54) is 6.33 Å². The fourth-order valence-corrected chi connectivity index (χ4v) is 1.72. The van der Waals surface area contributed by atoms with Gasteiger partial charge in [0, 0.05) is 5.02 Å². The summed E-state index contributed by atoms with van der Waals surface area (Å²) in [4.78, 5) is 16.0. The van der Waals surface area contributed by atoms with Crippen molar-refractivity contribution in [3.63, 3.8) is 0 Å². The molecule has 1 amide bonds. The van der Waals surface area contributed by atoms with E-state index in [1.807, 2.05) is 6.92 Å². The normalized spacial score (nSPS) is 13.6. The van der Waals surface area contributed by atoms with Crippen LogP contribution in [0.3, 0.4) is 0 Å². The molecular formula is C13H15ClN4O2. The van der Waals surface area contributed by atoms with Gasteiger partial charge < -0.3 is 10.1 Å². The van der Waals surface area contributed by atoms with Crippen LogP contribution in [0.2, 0.25) is 5.02 Å². The summed E-state index contributed by atoms with van der Waals surface area (Å²) in [5, 5.41) is 9.85. The van der Waals surface area contributed by atoms with Gasteiger partial charge in [0.2, 0.25) is 0 Å². The van der Waals surface area contributed by atoms with Crippen molar-refractivity contribution in [3.8, 4) is 5.75 Å². The summed E-state index contributed by atoms with van der Waals surface area (Å²) in [5.74, 6) is 0.949. The highest BCUT2D eigenvalue weighted by Crippen LogP contribution is 2.17. The van der Waals surface area contributed by atoms with Gasteiger partial charge in [-0.25, -0.2) is 4.98 Å². The van der Waals surface area contributed by atoms with Crippen LogP contribution < -0.4 is 10.1 Å². The Labute approximate surface area is 121 Å². The number of benzene rings is 1. The van der Waals surface area contributed by atoms with Crippen LogP contribution in [0, 0.1) is 0 Å². The standard InChI is InChI=1S/C13H15ClN4O2/c1-8(12-15-7-16-18-12)17-13(19)9(2)20-11-5-3-10(14)4-6-11/h3-9H,1-2H3,(H,17,19)(H,15,16,18). The van der Waals surface area contributed by atoms with E-state index >= 15 is 0 Å². The molecule has 0 saturated heterocycles. The molecule has 106 valence electrons. The number of carbonyl (C=O) groups excluding carboxylic acids is 1. The molecule has 2 atom stereocenters. The first-order valence-electron chi connectivity index (χ1n) is 6.14. The maximum Gasteiger partial charge on any atom is 0.261 e. The van der Waals surface area contributed by atoms with E-state index < -0.39 is 6.10 Å². The number of nitrogens with one attached hydrogen (secondary N) is 2. The minimum Gasteiger partial charge on any atom is -0.481 e. The monoisotopic (exact) mass is 294 g/mol. The van der Waals surface area contributed by atoms with Gasteiger partial charge in [0.15, 0.2) is 6.10 Å². The Morgan fingerprint density at radius 1 is 1.35 bits per heavy atom. The summed E-state index contributed by atoms with van der Waals surface area (Å²) in [6, 6.07) is 6.58. The van der Waals surface area contributed by atoms with Gasteiger partial charge in [-0.1, -0.05) is 11.6 Å². The molecule has 0 aliphatic carbocycles. The van der Waals surface area contributed by atoms with Crippen LogP contribution in [0.25, 0.3) is 0 Å². The van der Waals surface area contributed by atoms with E-state index in [4.69, 9.17) is 16.3 Å². The average Bonchev–Trinajstić information content (AvgIpc) is 2.95.